The van der Waals surface area contributed by atoms with Crippen molar-refractivity contribution < 1.29 is 9.31 Å². The maximum atomic E-state index is 13.7. The lowest BCUT2D eigenvalue weighted by Gasteiger charge is -2.33. The molecule has 0 fully saturated rings. The molecular formula is C22H26FN5O2. The average Bonchev–Trinajstić information content (AvgIpc) is 2.74. The molecule has 1 unspecified atom stereocenters. The lowest BCUT2D eigenvalue weighted by atomic mass is 10.0. The first-order valence-electron chi connectivity index (χ1n) is 10.0. The Morgan fingerprint density at radius 2 is 1.93 bits per heavy atom. The lowest BCUT2D eigenvalue weighted by molar-refractivity contribution is -0.387. The summed E-state index contributed by atoms with van der Waals surface area (Å²) in [5.41, 5.74) is 1.46. The van der Waals surface area contributed by atoms with E-state index in [-0.39, 0.29) is 0 Å². The Morgan fingerprint density at radius 1 is 1.17 bits per heavy atom. The molecule has 7 nitrogen and oxygen atoms in total. The van der Waals surface area contributed by atoms with Gasteiger partial charge in [-0.15, -0.1) is 0 Å². The summed E-state index contributed by atoms with van der Waals surface area (Å²) in [5, 5.41) is 20.8. The second kappa shape index (κ2) is 9.49. The van der Waals surface area contributed by atoms with E-state index in [0.29, 0.717) is 11.6 Å². The van der Waals surface area contributed by atoms with Crippen molar-refractivity contribution in [2.24, 2.45) is 4.99 Å². The van der Waals surface area contributed by atoms with Gasteiger partial charge < -0.3 is 10.6 Å². The van der Waals surface area contributed by atoms with Gasteiger partial charge in [-0.25, -0.2) is 4.99 Å². The Hall–Kier alpha value is -3.26. The molecule has 30 heavy (non-hydrogen) atoms. The van der Waals surface area contributed by atoms with E-state index in [1.165, 1.54) is 17.7 Å². The molecule has 0 aliphatic carbocycles. The summed E-state index contributed by atoms with van der Waals surface area (Å²) in [6, 6.07) is 13.9. The van der Waals surface area contributed by atoms with Crippen molar-refractivity contribution in [1.82, 2.24) is 10.6 Å². The van der Waals surface area contributed by atoms with Crippen molar-refractivity contribution in [2.75, 3.05) is 11.9 Å². The van der Waals surface area contributed by atoms with Gasteiger partial charge in [0.25, 0.3) is 0 Å². The van der Waals surface area contributed by atoms with Crippen molar-refractivity contribution in [3.8, 4) is 0 Å². The number of nitrogens with zero attached hydrogens (tertiary/aromatic N) is 2. The third kappa shape index (κ3) is 5.21. The van der Waals surface area contributed by atoms with E-state index in [9.17, 15) is 14.5 Å². The van der Waals surface area contributed by atoms with Crippen LogP contribution in [0.25, 0.3) is 0 Å². The number of aliphatic imine (C=N–C) groups is 1. The highest BCUT2D eigenvalue weighted by Crippen LogP contribution is 2.25. The molecule has 0 spiro atoms. The van der Waals surface area contributed by atoms with Gasteiger partial charge in [0, 0.05) is 17.5 Å². The first-order valence-corrected chi connectivity index (χ1v) is 10.0. The van der Waals surface area contributed by atoms with Crippen LogP contribution in [0.3, 0.4) is 0 Å². The smallest absolute Gasteiger partial charge is 0.306 e. The van der Waals surface area contributed by atoms with Crippen LogP contribution in [0.1, 0.15) is 32.3 Å². The summed E-state index contributed by atoms with van der Waals surface area (Å²) in [4.78, 5) is 15.1. The van der Waals surface area contributed by atoms with Crippen molar-refractivity contribution in [3.63, 3.8) is 0 Å². The van der Waals surface area contributed by atoms with Gasteiger partial charge in [0.05, 0.1) is 4.92 Å². The number of likely N-dealkylation sites (N-methyl/N-ethyl adjacent to an activating group) is 1. The number of nitrogens with one attached hydrogen (secondary N) is 3. The Bertz CT molecular complexity index is 961. The van der Waals surface area contributed by atoms with Crippen LogP contribution in [0.5, 0.6) is 0 Å². The molecule has 1 aliphatic rings. The third-order valence-corrected chi connectivity index (χ3v) is 4.96. The fourth-order valence-corrected chi connectivity index (χ4v) is 3.42. The number of hydrogen-bond donors (Lipinski definition) is 3. The highest BCUT2D eigenvalue weighted by molar-refractivity contribution is 5.96. The molecule has 0 radical (unpaired) electrons. The highest BCUT2D eigenvalue weighted by atomic mass is 19.1. The zero-order valence-corrected chi connectivity index (χ0v) is 17.1. The number of guanidine groups is 1. The maximum Gasteiger partial charge on any atom is 0.306 e. The normalized spacial score (nSPS) is 18.2. The molecule has 0 saturated carbocycles. The fourth-order valence-electron chi connectivity index (χ4n) is 3.42. The first kappa shape index (κ1) is 21.4. The minimum atomic E-state index is -0.872. The van der Waals surface area contributed by atoms with Gasteiger partial charge >= 0.3 is 5.69 Å². The summed E-state index contributed by atoms with van der Waals surface area (Å²) >= 11 is 0. The molecule has 0 amide bonds. The quantitative estimate of drug-likeness (QED) is 0.444. The standard InChI is InChI=1S/C22H26FN5O2/c1-3-22(24-4-2)15-18(11-10-16-8-6-5-7-9-16)26-21(27-22)25-17-12-13-19(23)20(14-17)28(29)30/h5-9,12-15,24H,3-4,10-11H2,1-2H3,(H2,25,26,27). The minimum Gasteiger partial charge on any atom is -0.330 e. The van der Waals surface area contributed by atoms with Crippen LogP contribution in [-0.4, -0.2) is 23.1 Å². The predicted molar refractivity (Wildman–Crippen MR) is 117 cm³/mol. The van der Waals surface area contributed by atoms with E-state index in [0.717, 1.165) is 37.6 Å². The maximum absolute atomic E-state index is 13.7. The molecule has 2 aromatic carbocycles. The minimum absolute atomic E-state index is 0.389. The number of hydrogen-bond acceptors (Lipinski definition) is 6. The monoisotopic (exact) mass is 411 g/mol. The number of benzene rings is 2. The fraction of sp³-hybridized carbons (Fsp3) is 0.318. The SMILES string of the molecule is CCNC1(CC)C=C(CCc2ccccc2)NC(Nc2ccc(F)c([N+](=O)[O-])c2)=N1. The van der Waals surface area contributed by atoms with Crippen LogP contribution in [0.15, 0.2) is 65.3 Å². The van der Waals surface area contributed by atoms with Crippen molar-refractivity contribution >= 4 is 17.3 Å². The van der Waals surface area contributed by atoms with E-state index in [4.69, 9.17) is 4.99 Å². The molecule has 1 atom stereocenters. The van der Waals surface area contributed by atoms with Crippen LogP contribution in [0.4, 0.5) is 15.8 Å². The summed E-state index contributed by atoms with van der Waals surface area (Å²) in [6.45, 7) is 4.79. The van der Waals surface area contributed by atoms with E-state index in [2.05, 4.69) is 34.2 Å². The lowest BCUT2D eigenvalue weighted by Crippen LogP contribution is -2.49. The zero-order chi connectivity index (χ0) is 21.6. The molecule has 0 bridgehead atoms. The second-order valence-electron chi connectivity index (χ2n) is 7.10. The van der Waals surface area contributed by atoms with Crippen molar-refractivity contribution in [3.05, 3.63) is 81.8 Å². The molecular weight excluding hydrogens is 385 g/mol. The van der Waals surface area contributed by atoms with Gasteiger partial charge in [-0.1, -0.05) is 44.2 Å². The molecule has 2 aromatic rings. The number of nitro benzene ring substituents is 1. The Morgan fingerprint density at radius 3 is 2.60 bits per heavy atom. The van der Waals surface area contributed by atoms with E-state index in [1.54, 1.807) is 0 Å². The topological polar surface area (TPSA) is 91.6 Å². The first-order chi connectivity index (χ1) is 14.4. The molecule has 3 rings (SSSR count). The highest BCUT2D eigenvalue weighted by Gasteiger charge is 2.29. The molecule has 1 heterocycles. The Labute approximate surface area is 175 Å². The van der Waals surface area contributed by atoms with Crippen LogP contribution < -0.4 is 16.0 Å². The summed E-state index contributed by atoms with van der Waals surface area (Å²) in [7, 11) is 0. The molecule has 8 heteroatoms. The van der Waals surface area contributed by atoms with Crippen molar-refractivity contribution in [2.45, 2.75) is 38.8 Å². The van der Waals surface area contributed by atoms with E-state index < -0.39 is 22.1 Å². The number of allylic oxidation sites excluding steroid dienone is 1. The Kier molecular flexibility index (Phi) is 6.79. The zero-order valence-electron chi connectivity index (χ0n) is 17.1. The Balaban J connectivity index is 1.83. The molecule has 3 N–H and O–H groups in total. The second-order valence-corrected chi connectivity index (χ2v) is 7.10. The van der Waals surface area contributed by atoms with Gasteiger partial charge in [-0.2, -0.15) is 4.39 Å². The van der Waals surface area contributed by atoms with Crippen LogP contribution in [0, 0.1) is 15.9 Å². The van der Waals surface area contributed by atoms with E-state index >= 15 is 0 Å². The van der Waals surface area contributed by atoms with Gasteiger partial charge in [0.15, 0.2) is 0 Å². The summed E-state index contributed by atoms with van der Waals surface area (Å²) in [5.74, 6) is -0.410. The molecule has 0 saturated heterocycles. The summed E-state index contributed by atoms with van der Waals surface area (Å²) in [6.07, 6.45) is 4.46. The largest absolute Gasteiger partial charge is 0.330 e. The number of rotatable bonds is 8. The summed E-state index contributed by atoms with van der Waals surface area (Å²) < 4.78 is 13.7. The van der Waals surface area contributed by atoms with Gasteiger partial charge in [-0.05, 0) is 49.6 Å². The van der Waals surface area contributed by atoms with Crippen molar-refractivity contribution in [1.29, 1.82) is 0 Å². The third-order valence-electron chi connectivity index (χ3n) is 4.96. The van der Waals surface area contributed by atoms with Gasteiger partial charge in [-0.3, -0.25) is 15.4 Å². The number of nitro groups is 1. The van der Waals surface area contributed by atoms with E-state index in [1.807, 2.05) is 32.0 Å². The number of anilines is 1. The predicted octanol–water partition coefficient (Wildman–Crippen LogP) is 4.34. The molecule has 0 aromatic heterocycles. The van der Waals surface area contributed by atoms with Gasteiger partial charge in [0.2, 0.25) is 11.8 Å². The number of aryl methyl sites for hydroxylation is 1. The molecule has 158 valence electrons. The van der Waals surface area contributed by atoms with Gasteiger partial charge in [0.1, 0.15) is 5.66 Å². The van der Waals surface area contributed by atoms with Crippen LogP contribution >= 0.6 is 0 Å². The van der Waals surface area contributed by atoms with Crippen LogP contribution in [-0.2, 0) is 6.42 Å². The van der Waals surface area contributed by atoms with Crippen LogP contribution in [0.2, 0.25) is 0 Å². The molecule has 1 aliphatic heterocycles. The number of halogens is 1. The average molecular weight is 411 g/mol.